The van der Waals surface area contributed by atoms with Crippen molar-refractivity contribution in [2.45, 2.75) is 25.1 Å². The van der Waals surface area contributed by atoms with Gasteiger partial charge >= 0.3 is 6.03 Å². The summed E-state index contributed by atoms with van der Waals surface area (Å²) in [6, 6.07) is 3.40. The quantitative estimate of drug-likeness (QED) is 0.834. The molecular formula is C15H15BrN2O3. The van der Waals surface area contributed by atoms with Gasteiger partial charge in [-0.1, -0.05) is 5.92 Å². The second-order valence-corrected chi connectivity index (χ2v) is 6.16. The van der Waals surface area contributed by atoms with E-state index >= 15 is 0 Å². The standard InChI is InChI=1S/C15H15BrN2O3/c1-4-5-18-14(19)17-12-8-15(18,2)21-13-10(12)6-9(20-3)7-11(13)16/h1,6-7,12H,5,8H2,2-3H3,(H,17,19). The Morgan fingerprint density at radius 2 is 2.43 bits per heavy atom. The summed E-state index contributed by atoms with van der Waals surface area (Å²) < 4.78 is 12.2. The predicted molar refractivity (Wildman–Crippen MR) is 81.2 cm³/mol. The molecule has 2 aliphatic heterocycles. The first-order chi connectivity index (χ1) is 9.98. The largest absolute Gasteiger partial charge is 0.497 e. The molecule has 0 radical (unpaired) electrons. The molecule has 6 heteroatoms. The molecule has 0 aromatic heterocycles. The van der Waals surface area contributed by atoms with Gasteiger partial charge in [0.2, 0.25) is 0 Å². The van der Waals surface area contributed by atoms with E-state index in [0.29, 0.717) is 12.2 Å². The lowest BCUT2D eigenvalue weighted by molar-refractivity contribution is -0.0785. The molecule has 2 atom stereocenters. The number of carbonyl (C=O) groups is 1. The molecule has 2 heterocycles. The highest BCUT2D eigenvalue weighted by atomic mass is 79.9. The fraction of sp³-hybridized carbons (Fsp3) is 0.400. The summed E-state index contributed by atoms with van der Waals surface area (Å²) in [5.41, 5.74) is 0.163. The Kier molecular flexibility index (Phi) is 3.25. The third-order valence-corrected chi connectivity index (χ3v) is 4.51. The third-order valence-electron chi connectivity index (χ3n) is 3.93. The molecule has 0 aliphatic carbocycles. The summed E-state index contributed by atoms with van der Waals surface area (Å²) >= 11 is 3.50. The van der Waals surface area contributed by atoms with Crippen molar-refractivity contribution < 1.29 is 14.3 Å². The molecule has 2 aliphatic rings. The summed E-state index contributed by atoms with van der Waals surface area (Å²) in [4.78, 5) is 13.8. The lowest BCUT2D eigenvalue weighted by Crippen LogP contribution is -2.64. The first kappa shape index (κ1) is 14.1. The number of halogens is 1. The van der Waals surface area contributed by atoms with Crippen LogP contribution in [-0.2, 0) is 0 Å². The molecule has 1 aromatic carbocycles. The molecule has 2 unspecified atom stereocenters. The maximum atomic E-state index is 12.2. The van der Waals surface area contributed by atoms with Gasteiger partial charge < -0.3 is 14.8 Å². The second-order valence-electron chi connectivity index (χ2n) is 5.30. The van der Waals surface area contributed by atoms with Gasteiger partial charge in [-0.15, -0.1) is 6.42 Å². The molecule has 21 heavy (non-hydrogen) atoms. The fourth-order valence-corrected chi connectivity index (χ4v) is 3.43. The van der Waals surface area contributed by atoms with E-state index in [1.807, 2.05) is 19.1 Å². The van der Waals surface area contributed by atoms with E-state index < -0.39 is 5.72 Å². The van der Waals surface area contributed by atoms with Crippen LogP contribution in [0.2, 0.25) is 0 Å². The minimum atomic E-state index is -0.747. The highest BCUT2D eigenvalue weighted by Gasteiger charge is 2.49. The van der Waals surface area contributed by atoms with Gasteiger partial charge in [0.1, 0.15) is 11.5 Å². The number of urea groups is 1. The van der Waals surface area contributed by atoms with E-state index in [1.165, 1.54) is 0 Å². The van der Waals surface area contributed by atoms with Gasteiger partial charge in [0.25, 0.3) is 0 Å². The topological polar surface area (TPSA) is 50.8 Å². The Morgan fingerprint density at radius 3 is 3.10 bits per heavy atom. The van der Waals surface area contributed by atoms with E-state index in [9.17, 15) is 4.79 Å². The minimum absolute atomic E-state index is 0.119. The average molecular weight is 351 g/mol. The van der Waals surface area contributed by atoms with Gasteiger partial charge in [-0.05, 0) is 35.0 Å². The van der Waals surface area contributed by atoms with Crippen molar-refractivity contribution in [2.24, 2.45) is 0 Å². The number of nitrogens with one attached hydrogen (secondary N) is 1. The number of benzene rings is 1. The number of fused-ring (bicyclic) bond motifs is 4. The number of ether oxygens (including phenoxy) is 2. The monoisotopic (exact) mass is 350 g/mol. The number of nitrogens with zero attached hydrogens (tertiary/aromatic N) is 1. The van der Waals surface area contributed by atoms with Crippen LogP contribution in [0.15, 0.2) is 16.6 Å². The first-order valence-electron chi connectivity index (χ1n) is 6.56. The first-order valence-corrected chi connectivity index (χ1v) is 7.36. The third kappa shape index (κ3) is 2.12. The number of amides is 2. The van der Waals surface area contributed by atoms with Crippen molar-refractivity contribution in [1.29, 1.82) is 0 Å². The SMILES string of the molecule is C#CCN1C(=O)NC2CC1(C)Oc1c(Br)cc(OC)cc12. The number of rotatable bonds is 2. The van der Waals surface area contributed by atoms with Gasteiger partial charge in [-0.25, -0.2) is 4.79 Å². The molecule has 2 bridgehead atoms. The molecule has 5 nitrogen and oxygen atoms in total. The predicted octanol–water partition coefficient (Wildman–Crippen LogP) is 2.66. The van der Waals surface area contributed by atoms with Crippen LogP contribution in [0.1, 0.15) is 24.9 Å². The van der Waals surface area contributed by atoms with Crippen LogP contribution in [0.5, 0.6) is 11.5 Å². The Hall–Kier alpha value is -1.87. The molecule has 2 amide bonds. The number of terminal acetylenes is 1. The highest BCUT2D eigenvalue weighted by Crippen LogP contribution is 2.48. The Bertz CT molecular complexity index is 655. The maximum absolute atomic E-state index is 12.2. The van der Waals surface area contributed by atoms with Crippen molar-refractivity contribution >= 4 is 22.0 Å². The van der Waals surface area contributed by atoms with Crippen LogP contribution in [0.4, 0.5) is 4.79 Å². The summed E-state index contributed by atoms with van der Waals surface area (Å²) in [7, 11) is 1.61. The Morgan fingerprint density at radius 1 is 1.67 bits per heavy atom. The van der Waals surface area contributed by atoms with E-state index in [2.05, 4.69) is 27.2 Å². The Labute approximate surface area is 131 Å². The number of hydrogen-bond donors (Lipinski definition) is 1. The van der Waals surface area contributed by atoms with Crippen molar-refractivity contribution in [1.82, 2.24) is 10.2 Å². The van der Waals surface area contributed by atoms with Crippen LogP contribution in [-0.4, -0.2) is 30.3 Å². The molecule has 0 spiro atoms. The molecule has 110 valence electrons. The second kappa shape index (κ2) is 4.85. The molecule has 0 saturated carbocycles. The molecule has 1 saturated heterocycles. The van der Waals surface area contributed by atoms with Crippen molar-refractivity contribution in [3.05, 3.63) is 22.2 Å². The molecular weight excluding hydrogens is 336 g/mol. The van der Waals surface area contributed by atoms with Crippen LogP contribution in [0.25, 0.3) is 0 Å². The minimum Gasteiger partial charge on any atom is -0.497 e. The van der Waals surface area contributed by atoms with Crippen molar-refractivity contribution in [2.75, 3.05) is 13.7 Å². The lowest BCUT2D eigenvalue weighted by atomic mass is 9.90. The summed E-state index contributed by atoms with van der Waals surface area (Å²) in [5.74, 6) is 3.94. The van der Waals surface area contributed by atoms with Crippen LogP contribution in [0, 0.1) is 12.3 Å². The number of methoxy groups -OCH3 is 1. The molecule has 1 N–H and O–H groups in total. The van der Waals surface area contributed by atoms with Gasteiger partial charge in [0.05, 0.1) is 24.2 Å². The van der Waals surface area contributed by atoms with Gasteiger partial charge in [0.15, 0.2) is 5.72 Å². The zero-order chi connectivity index (χ0) is 15.2. The van der Waals surface area contributed by atoms with E-state index in [-0.39, 0.29) is 18.6 Å². The zero-order valence-electron chi connectivity index (χ0n) is 11.8. The summed E-state index contributed by atoms with van der Waals surface area (Å²) in [5, 5.41) is 2.98. The van der Waals surface area contributed by atoms with Gasteiger partial charge in [-0.3, -0.25) is 4.90 Å². The Balaban J connectivity index is 2.09. The zero-order valence-corrected chi connectivity index (χ0v) is 13.4. The summed E-state index contributed by atoms with van der Waals surface area (Å²) in [6.45, 7) is 2.09. The highest BCUT2D eigenvalue weighted by molar-refractivity contribution is 9.10. The van der Waals surface area contributed by atoms with Crippen LogP contribution < -0.4 is 14.8 Å². The normalized spacial score (nSPS) is 26.3. The lowest BCUT2D eigenvalue weighted by Gasteiger charge is -2.50. The molecule has 1 fully saturated rings. The van der Waals surface area contributed by atoms with Gasteiger partial charge in [0, 0.05) is 12.0 Å². The van der Waals surface area contributed by atoms with Crippen LogP contribution >= 0.6 is 15.9 Å². The van der Waals surface area contributed by atoms with Crippen molar-refractivity contribution in [3.63, 3.8) is 0 Å². The smallest absolute Gasteiger partial charge is 0.321 e. The average Bonchev–Trinajstić information content (AvgIpc) is 2.44. The fourth-order valence-electron chi connectivity index (χ4n) is 2.89. The van der Waals surface area contributed by atoms with Crippen LogP contribution in [0.3, 0.4) is 0 Å². The number of carbonyl (C=O) groups excluding carboxylic acids is 1. The maximum Gasteiger partial charge on any atom is 0.321 e. The van der Waals surface area contributed by atoms with E-state index in [0.717, 1.165) is 15.8 Å². The van der Waals surface area contributed by atoms with E-state index in [1.54, 1.807) is 12.0 Å². The van der Waals surface area contributed by atoms with Gasteiger partial charge in [-0.2, -0.15) is 0 Å². The molecule has 3 rings (SSSR count). The molecule has 1 aromatic rings. The summed E-state index contributed by atoms with van der Waals surface area (Å²) in [6.07, 6.45) is 5.99. The van der Waals surface area contributed by atoms with Crippen molar-refractivity contribution in [3.8, 4) is 23.8 Å². The number of hydrogen-bond acceptors (Lipinski definition) is 3. The van der Waals surface area contributed by atoms with E-state index in [4.69, 9.17) is 15.9 Å².